The van der Waals surface area contributed by atoms with Gasteiger partial charge in [-0.2, -0.15) is 4.31 Å². The van der Waals surface area contributed by atoms with Crippen molar-refractivity contribution in [1.29, 1.82) is 0 Å². The molecule has 1 aromatic heterocycles. The summed E-state index contributed by atoms with van der Waals surface area (Å²) in [6.07, 6.45) is 0.213. The summed E-state index contributed by atoms with van der Waals surface area (Å²) in [6, 6.07) is 11.8. The summed E-state index contributed by atoms with van der Waals surface area (Å²) in [5.74, 6) is -0.540. The number of nitrogens with zero attached hydrogens (tertiary/aromatic N) is 1. The van der Waals surface area contributed by atoms with Crippen molar-refractivity contribution >= 4 is 20.9 Å². The van der Waals surface area contributed by atoms with Gasteiger partial charge in [-0.25, -0.2) is 12.8 Å². The Balaban J connectivity index is 2.00. The number of aliphatic hydroxyl groups excluding tert-OH is 1. The highest BCUT2D eigenvalue weighted by Crippen LogP contribution is 2.20. The average Bonchev–Trinajstić information content (AvgIpc) is 2.65. The number of fused-ring (bicyclic) bond motifs is 1. The molecule has 2 N–H and O–H groups in total. The van der Waals surface area contributed by atoms with E-state index in [1.165, 1.54) is 12.1 Å². The van der Waals surface area contributed by atoms with Gasteiger partial charge in [0.15, 0.2) is 0 Å². The fourth-order valence-corrected chi connectivity index (χ4v) is 4.41. The van der Waals surface area contributed by atoms with Crippen LogP contribution in [0.1, 0.15) is 17.5 Å². The lowest BCUT2D eigenvalue weighted by Crippen LogP contribution is -2.34. The van der Waals surface area contributed by atoms with E-state index in [0.717, 1.165) is 27.4 Å². The number of aromatic amines is 1. The number of aromatic nitrogens is 1. The Kier molecular flexibility index (Phi) is 5.93. The maximum absolute atomic E-state index is 13.2. The van der Waals surface area contributed by atoms with E-state index in [0.29, 0.717) is 11.1 Å². The molecule has 0 aliphatic carbocycles. The molecule has 0 aliphatic heterocycles. The highest BCUT2D eigenvalue weighted by atomic mass is 32.2. The van der Waals surface area contributed by atoms with Gasteiger partial charge in [0.25, 0.3) is 5.56 Å². The van der Waals surface area contributed by atoms with E-state index in [9.17, 15) is 17.6 Å². The Morgan fingerprint density at radius 3 is 2.50 bits per heavy atom. The van der Waals surface area contributed by atoms with Crippen LogP contribution in [0.4, 0.5) is 4.39 Å². The molecule has 0 aliphatic rings. The van der Waals surface area contributed by atoms with Gasteiger partial charge >= 0.3 is 0 Å². The van der Waals surface area contributed by atoms with Crippen molar-refractivity contribution in [2.75, 3.05) is 13.2 Å². The highest BCUT2D eigenvalue weighted by molar-refractivity contribution is 7.89. The summed E-state index contributed by atoms with van der Waals surface area (Å²) in [4.78, 5) is 15.2. The lowest BCUT2D eigenvalue weighted by Gasteiger charge is -2.22. The number of hydrogen-bond donors (Lipinski definition) is 2. The summed E-state index contributed by atoms with van der Waals surface area (Å²) in [5, 5.41) is 9.93. The number of hydrogen-bond acceptors (Lipinski definition) is 4. The molecule has 6 nitrogen and oxygen atoms in total. The Labute approximate surface area is 162 Å². The third kappa shape index (κ3) is 4.30. The highest BCUT2D eigenvalue weighted by Gasteiger charge is 2.25. The van der Waals surface area contributed by atoms with Gasteiger partial charge in [-0.15, -0.1) is 0 Å². The molecule has 3 rings (SSSR count). The molecule has 148 valence electrons. The summed E-state index contributed by atoms with van der Waals surface area (Å²) in [6.45, 7) is 1.60. The number of H-pyrrole nitrogens is 1. The zero-order chi connectivity index (χ0) is 20.3. The molecule has 1 heterocycles. The van der Waals surface area contributed by atoms with Crippen LogP contribution >= 0.6 is 0 Å². The zero-order valence-electron chi connectivity index (χ0n) is 15.4. The minimum Gasteiger partial charge on any atom is -0.396 e. The van der Waals surface area contributed by atoms with Gasteiger partial charge in [-0.3, -0.25) is 4.79 Å². The first-order valence-electron chi connectivity index (χ1n) is 8.80. The first-order chi connectivity index (χ1) is 13.3. The van der Waals surface area contributed by atoms with E-state index < -0.39 is 15.8 Å². The van der Waals surface area contributed by atoms with Gasteiger partial charge in [0.05, 0.1) is 4.90 Å². The third-order valence-corrected chi connectivity index (χ3v) is 6.30. The van der Waals surface area contributed by atoms with Gasteiger partial charge in [0, 0.05) is 30.8 Å². The second-order valence-electron chi connectivity index (χ2n) is 6.58. The number of pyridine rings is 1. The smallest absolute Gasteiger partial charge is 0.252 e. The third-order valence-electron chi connectivity index (χ3n) is 4.44. The number of aliphatic hydroxyl groups is 1. The van der Waals surface area contributed by atoms with Crippen LogP contribution < -0.4 is 5.56 Å². The van der Waals surface area contributed by atoms with Crippen LogP contribution in [0.25, 0.3) is 10.9 Å². The molecule has 0 atom stereocenters. The number of aryl methyl sites for hydroxylation is 1. The van der Waals surface area contributed by atoms with E-state index >= 15 is 0 Å². The zero-order valence-corrected chi connectivity index (χ0v) is 16.2. The largest absolute Gasteiger partial charge is 0.396 e. The van der Waals surface area contributed by atoms with Gasteiger partial charge in [-0.1, -0.05) is 12.1 Å². The Morgan fingerprint density at radius 1 is 1.11 bits per heavy atom. The summed E-state index contributed by atoms with van der Waals surface area (Å²) in [7, 11) is -3.96. The van der Waals surface area contributed by atoms with E-state index in [-0.39, 0.29) is 36.6 Å². The number of rotatable bonds is 7. The predicted octanol–water partition coefficient (Wildman–Crippen LogP) is 2.55. The van der Waals surface area contributed by atoms with E-state index in [2.05, 4.69) is 4.98 Å². The molecule has 0 saturated carbocycles. The lowest BCUT2D eigenvalue weighted by atomic mass is 10.1. The van der Waals surface area contributed by atoms with Crippen LogP contribution in [-0.2, 0) is 16.6 Å². The maximum atomic E-state index is 13.2. The Morgan fingerprint density at radius 2 is 1.82 bits per heavy atom. The van der Waals surface area contributed by atoms with Gasteiger partial charge in [-0.05, 0) is 60.7 Å². The van der Waals surface area contributed by atoms with Crippen molar-refractivity contribution in [3.63, 3.8) is 0 Å². The number of benzene rings is 2. The van der Waals surface area contributed by atoms with Gasteiger partial charge < -0.3 is 10.1 Å². The van der Waals surface area contributed by atoms with Crippen LogP contribution in [0, 0.1) is 12.7 Å². The fraction of sp³-hybridized carbons (Fsp3) is 0.250. The monoisotopic (exact) mass is 404 g/mol. The van der Waals surface area contributed by atoms with Crippen molar-refractivity contribution in [1.82, 2.24) is 9.29 Å². The van der Waals surface area contributed by atoms with Crippen LogP contribution in [-0.4, -0.2) is 36.0 Å². The van der Waals surface area contributed by atoms with Crippen molar-refractivity contribution in [2.24, 2.45) is 0 Å². The van der Waals surface area contributed by atoms with E-state index in [1.807, 2.05) is 25.1 Å². The van der Waals surface area contributed by atoms with E-state index in [4.69, 9.17) is 5.11 Å². The first-order valence-corrected chi connectivity index (χ1v) is 10.2. The van der Waals surface area contributed by atoms with Crippen molar-refractivity contribution in [3.05, 3.63) is 75.8 Å². The summed E-state index contributed by atoms with van der Waals surface area (Å²) >= 11 is 0. The SMILES string of the molecule is Cc1ccc2cc(CN(CCCO)S(=O)(=O)c3ccc(F)cc3)c(=O)[nH]c2c1. The average molecular weight is 404 g/mol. The molecule has 28 heavy (non-hydrogen) atoms. The molecule has 2 aromatic carbocycles. The maximum Gasteiger partial charge on any atom is 0.252 e. The topological polar surface area (TPSA) is 90.5 Å². The minimum absolute atomic E-state index is 0.0293. The number of halogens is 1. The molecule has 0 fully saturated rings. The molecular weight excluding hydrogens is 383 g/mol. The van der Waals surface area contributed by atoms with Gasteiger partial charge in [0.1, 0.15) is 5.82 Å². The quantitative estimate of drug-likeness (QED) is 0.633. The van der Waals surface area contributed by atoms with Crippen molar-refractivity contribution < 1.29 is 17.9 Å². The molecule has 0 bridgehead atoms. The first kappa shape index (κ1) is 20.2. The van der Waals surface area contributed by atoms with E-state index in [1.54, 1.807) is 6.07 Å². The van der Waals surface area contributed by atoms with Gasteiger partial charge in [0.2, 0.25) is 10.0 Å². The number of sulfonamides is 1. The molecule has 8 heteroatoms. The lowest BCUT2D eigenvalue weighted by molar-refractivity contribution is 0.267. The molecule has 3 aromatic rings. The normalized spacial score (nSPS) is 12.0. The summed E-state index contributed by atoms with van der Waals surface area (Å²) < 4.78 is 40.3. The Bertz CT molecular complexity index is 1140. The predicted molar refractivity (Wildman–Crippen MR) is 105 cm³/mol. The summed E-state index contributed by atoms with van der Waals surface area (Å²) in [5.41, 5.74) is 1.60. The van der Waals surface area contributed by atoms with Crippen molar-refractivity contribution in [2.45, 2.75) is 24.8 Å². The van der Waals surface area contributed by atoms with Crippen LogP contribution in [0.5, 0.6) is 0 Å². The molecule has 0 unspecified atom stereocenters. The molecule has 0 amide bonds. The minimum atomic E-state index is -3.96. The molecular formula is C20H21FN2O4S. The molecule has 0 radical (unpaired) electrons. The van der Waals surface area contributed by atoms with Crippen LogP contribution in [0.15, 0.2) is 58.2 Å². The second kappa shape index (κ2) is 8.22. The number of nitrogens with one attached hydrogen (secondary N) is 1. The molecule has 0 saturated heterocycles. The standard InChI is InChI=1S/C20H21FN2O4S/c1-14-3-4-15-12-16(20(25)22-19(15)11-14)13-23(9-2-10-24)28(26,27)18-7-5-17(21)6-8-18/h3-8,11-12,24H,2,9-10,13H2,1H3,(H,22,25). The second-order valence-corrected chi connectivity index (χ2v) is 8.52. The van der Waals surface area contributed by atoms with Crippen LogP contribution in [0.2, 0.25) is 0 Å². The Hall–Kier alpha value is -2.55. The van der Waals surface area contributed by atoms with Crippen LogP contribution in [0.3, 0.4) is 0 Å². The molecule has 0 spiro atoms. The fourth-order valence-electron chi connectivity index (χ4n) is 2.95. The van der Waals surface area contributed by atoms with Crippen molar-refractivity contribution in [3.8, 4) is 0 Å².